The van der Waals surface area contributed by atoms with Crippen LogP contribution in [0.15, 0.2) is 29.2 Å². The van der Waals surface area contributed by atoms with Crippen molar-refractivity contribution in [2.75, 3.05) is 11.9 Å². The summed E-state index contributed by atoms with van der Waals surface area (Å²) in [5, 5.41) is 13.0. The topological polar surface area (TPSA) is 109 Å². The zero-order valence-electron chi connectivity index (χ0n) is 22.2. The second-order valence-corrected chi connectivity index (χ2v) is 12.1. The number of imide groups is 1. The van der Waals surface area contributed by atoms with Gasteiger partial charge in [0.05, 0.1) is 10.5 Å². The number of nitrogens with zero attached hydrogens (tertiary/aromatic N) is 2. The zero-order valence-corrected chi connectivity index (χ0v) is 23.8. The predicted octanol–water partition coefficient (Wildman–Crippen LogP) is 6.02. The molecule has 3 heterocycles. The molecule has 39 heavy (non-hydrogen) atoms. The summed E-state index contributed by atoms with van der Waals surface area (Å²) in [4.78, 5) is 53.0. The van der Waals surface area contributed by atoms with Crippen molar-refractivity contribution in [3.8, 4) is 5.00 Å². The van der Waals surface area contributed by atoms with Crippen LogP contribution in [0.1, 0.15) is 61.7 Å². The molecule has 3 aromatic rings. The molecule has 0 unspecified atom stereocenters. The largest absolute Gasteiger partial charge is 0.478 e. The smallest absolute Gasteiger partial charge is 0.339 e. The molecule has 3 amide bonds. The van der Waals surface area contributed by atoms with E-state index in [1.165, 1.54) is 11.3 Å². The summed E-state index contributed by atoms with van der Waals surface area (Å²) in [7, 11) is 0. The number of anilines is 1. The Labute approximate surface area is 234 Å². The van der Waals surface area contributed by atoms with E-state index in [1.807, 2.05) is 50.5 Å². The van der Waals surface area contributed by atoms with Crippen LogP contribution in [0.3, 0.4) is 0 Å². The number of aromatic carboxylic acids is 1. The normalized spacial score (nSPS) is 16.2. The van der Waals surface area contributed by atoms with Gasteiger partial charge < -0.3 is 15.0 Å². The minimum absolute atomic E-state index is 0.225. The number of carbonyl (C=O) groups excluding carboxylic acids is 3. The molecule has 1 aliphatic carbocycles. The van der Waals surface area contributed by atoms with Crippen molar-refractivity contribution in [3.63, 3.8) is 0 Å². The molecule has 5 rings (SSSR count). The maximum Gasteiger partial charge on any atom is 0.339 e. The Bertz CT molecular complexity index is 1580. The Hall–Kier alpha value is -3.63. The van der Waals surface area contributed by atoms with E-state index in [2.05, 4.69) is 5.32 Å². The van der Waals surface area contributed by atoms with E-state index in [4.69, 9.17) is 0 Å². The van der Waals surface area contributed by atoms with E-state index in [0.717, 1.165) is 80.9 Å². The number of benzene rings is 1. The fraction of sp³-hybridized carbons (Fsp3) is 0.310. The predicted molar refractivity (Wildman–Crippen MR) is 154 cm³/mol. The summed E-state index contributed by atoms with van der Waals surface area (Å²) in [6.07, 6.45) is 5.34. The highest BCUT2D eigenvalue weighted by Crippen LogP contribution is 2.40. The molecule has 0 radical (unpaired) electrons. The van der Waals surface area contributed by atoms with E-state index in [-0.39, 0.29) is 11.4 Å². The summed E-state index contributed by atoms with van der Waals surface area (Å²) in [5.41, 5.74) is 6.24. The Morgan fingerprint density at radius 2 is 1.82 bits per heavy atom. The van der Waals surface area contributed by atoms with E-state index >= 15 is 0 Å². The van der Waals surface area contributed by atoms with Crippen LogP contribution in [0.4, 0.5) is 10.5 Å². The number of carbonyl (C=O) groups is 4. The zero-order chi connectivity index (χ0) is 28.0. The van der Waals surface area contributed by atoms with Gasteiger partial charge in [0, 0.05) is 22.0 Å². The van der Waals surface area contributed by atoms with Crippen LogP contribution in [-0.4, -0.2) is 44.1 Å². The van der Waals surface area contributed by atoms with Gasteiger partial charge in [-0.15, -0.1) is 11.3 Å². The number of nitrogens with one attached hydrogen (secondary N) is 1. The molecule has 0 bridgehead atoms. The van der Waals surface area contributed by atoms with Crippen LogP contribution in [0.25, 0.3) is 11.1 Å². The first-order valence-electron chi connectivity index (χ1n) is 12.7. The highest BCUT2D eigenvalue weighted by atomic mass is 32.2. The minimum atomic E-state index is -0.932. The van der Waals surface area contributed by atoms with Crippen LogP contribution in [0, 0.1) is 27.7 Å². The lowest BCUT2D eigenvalue weighted by atomic mass is 9.95. The molecular formula is C29H29N3O5S2. The standard InChI is InChI=1S/C29H29N3O5S2/c1-15-9-10-21(16(2)11-15)30-24(33)14-31-26(34)23(39-29(31)37)13-19-12-17(3)32(18(19)4)27-25(28(35)36)20-7-5-6-8-22(20)38-27/h9-13H,5-8,14H2,1-4H3,(H,30,33)(H,35,36)/b23-13-. The number of amides is 3. The van der Waals surface area contributed by atoms with Crippen molar-refractivity contribution < 1.29 is 24.3 Å². The first-order chi connectivity index (χ1) is 18.5. The van der Waals surface area contributed by atoms with Gasteiger partial charge in [-0.2, -0.15) is 0 Å². The molecular weight excluding hydrogens is 534 g/mol. The molecule has 1 saturated heterocycles. The lowest BCUT2D eigenvalue weighted by Gasteiger charge is -2.14. The van der Waals surface area contributed by atoms with Crippen molar-refractivity contribution in [2.24, 2.45) is 0 Å². The third kappa shape index (κ3) is 5.06. The minimum Gasteiger partial charge on any atom is -0.478 e. The molecule has 1 fully saturated rings. The number of thioether (sulfide) groups is 1. The van der Waals surface area contributed by atoms with Crippen LogP contribution in [0.2, 0.25) is 0 Å². The molecule has 0 spiro atoms. The van der Waals surface area contributed by atoms with Gasteiger partial charge in [0.1, 0.15) is 11.5 Å². The SMILES string of the molecule is Cc1ccc(NC(=O)CN2C(=O)S/C(=C\c3cc(C)n(-c4sc5c(c4C(=O)O)CCCC5)c3C)C2=O)c(C)c1. The lowest BCUT2D eigenvalue weighted by Crippen LogP contribution is -2.36. The maximum atomic E-state index is 13.1. The molecule has 1 aromatic carbocycles. The Balaban J connectivity index is 1.40. The number of carboxylic acids is 1. The van der Waals surface area contributed by atoms with Gasteiger partial charge in [0.2, 0.25) is 5.91 Å². The average molecular weight is 564 g/mol. The van der Waals surface area contributed by atoms with E-state index in [0.29, 0.717) is 16.3 Å². The average Bonchev–Trinajstić information content (AvgIpc) is 3.47. The van der Waals surface area contributed by atoms with Crippen LogP contribution < -0.4 is 5.32 Å². The van der Waals surface area contributed by atoms with Gasteiger partial charge >= 0.3 is 5.97 Å². The summed E-state index contributed by atoms with van der Waals surface area (Å²) in [5.74, 6) is -1.91. The van der Waals surface area contributed by atoms with Crippen molar-refractivity contribution in [3.05, 3.63) is 73.3 Å². The van der Waals surface area contributed by atoms with E-state index < -0.39 is 23.0 Å². The number of aromatic nitrogens is 1. The van der Waals surface area contributed by atoms with Gasteiger partial charge in [0.25, 0.3) is 11.1 Å². The van der Waals surface area contributed by atoms with Gasteiger partial charge in [0.15, 0.2) is 0 Å². The monoisotopic (exact) mass is 563 g/mol. The van der Waals surface area contributed by atoms with Crippen molar-refractivity contribution in [1.82, 2.24) is 9.47 Å². The van der Waals surface area contributed by atoms with Crippen molar-refractivity contribution in [1.29, 1.82) is 0 Å². The van der Waals surface area contributed by atoms with Gasteiger partial charge in [-0.05, 0) is 100 Å². The Morgan fingerprint density at radius 3 is 2.54 bits per heavy atom. The fourth-order valence-electron chi connectivity index (χ4n) is 5.24. The molecule has 1 aliphatic heterocycles. The molecule has 0 atom stereocenters. The molecule has 2 N–H and O–H groups in total. The number of rotatable bonds is 6. The number of thiophene rings is 1. The lowest BCUT2D eigenvalue weighted by molar-refractivity contribution is -0.127. The summed E-state index contributed by atoms with van der Waals surface area (Å²) in [6.45, 7) is 7.24. The van der Waals surface area contributed by atoms with Gasteiger partial charge in [-0.3, -0.25) is 19.3 Å². The number of hydrogen-bond donors (Lipinski definition) is 2. The summed E-state index contributed by atoms with van der Waals surface area (Å²) < 4.78 is 1.93. The number of carboxylic acid groups (broad SMARTS) is 1. The number of hydrogen-bond acceptors (Lipinski definition) is 6. The van der Waals surface area contributed by atoms with Crippen LogP contribution in [0.5, 0.6) is 0 Å². The second kappa shape index (κ2) is 10.5. The van der Waals surface area contributed by atoms with Gasteiger partial charge in [-0.25, -0.2) is 4.79 Å². The third-order valence-electron chi connectivity index (χ3n) is 7.16. The van der Waals surface area contributed by atoms with Crippen molar-refractivity contribution in [2.45, 2.75) is 53.4 Å². The van der Waals surface area contributed by atoms with Crippen LogP contribution >= 0.6 is 23.1 Å². The summed E-state index contributed by atoms with van der Waals surface area (Å²) >= 11 is 2.32. The third-order valence-corrected chi connectivity index (χ3v) is 9.34. The number of aryl methyl sites for hydroxylation is 4. The molecule has 202 valence electrons. The van der Waals surface area contributed by atoms with Gasteiger partial charge in [-0.1, -0.05) is 17.7 Å². The first kappa shape index (κ1) is 27.0. The molecule has 0 saturated carbocycles. The molecule has 10 heteroatoms. The number of fused-ring (bicyclic) bond motifs is 1. The quantitative estimate of drug-likeness (QED) is 0.355. The Kier molecular flexibility index (Phi) is 7.26. The second-order valence-electron chi connectivity index (χ2n) is 9.99. The fourth-order valence-corrected chi connectivity index (χ4v) is 7.56. The van der Waals surface area contributed by atoms with Crippen LogP contribution in [-0.2, 0) is 22.4 Å². The van der Waals surface area contributed by atoms with Crippen molar-refractivity contribution >= 4 is 57.9 Å². The van der Waals surface area contributed by atoms with E-state index in [9.17, 15) is 24.3 Å². The molecule has 8 nitrogen and oxygen atoms in total. The maximum absolute atomic E-state index is 13.1. The molecule has 2 aliphatic rings. The Morgan fingerprint density at radius 1 is 1.08 bits per heavy atom. The van der Waals surface area contributed by atoms with E-state index in [1.54, 1.807) is 12.1 Å². The highest BCUT2D eigenvalue weighted by molar-refractivity contribution is 8.18. The summed E-state index contributed by atoms with van der Waals surface area (Å²) in [6, 6.07) is 7.51. The highest BCUT2D eigenvalue weighted by Gasteiger charge is 2.37. The molecule has 2 aromatic heterocycles. The first-order valence-corrected chi connectivity index (χ1v) is 14.4.